The Morgan fingerprint density at radius 3 is 2.61 bits per heavy atom. The van der Waals surface area contributed by atoms with Crippen LogP contribution in [0.15, 0.2) is 72.9 Å². The molecule has 6 heterocycles. The molecule has 51 heavy (non-hydrogen) atoms. The monoisotopic (exact) mass is 690 g/mol. The summed E-state index contributed by atoms with van der Waals surface area (Å²) in [6, 6.07) is 19.4. The number of halogens is 1. The van der Waals surface area contributed by atoms with E-state index in [1.807, 2.05) is 78.6 Å². The standard InChI is InChI=1S/C35H32FN5O4.C5H11N/c1-35-14-8-15-41(21-35)32-27-19-37-30(29(36)31(27)38-33(39-32)43-2)26-18-25(45-20-22-9-4-3-5-10-22)17-24-12-6-11-23(28(24)26)13-7-16-44-34(42)40-35;1-6-4-2-3-5-6/h3-7,9-13,17-19H,8,14-16,20-21H2,1-2H3,(H,40,42);2-5H2,1H3/b13-7+;. The van der Waals surface area contributed by atoms with E-state index in [0.717, 1.165) is 34.7 Å². The predicted molar refractivity (Wildman–Crippen MR) is 198 cm³/mol. The molecule has 5 aromatic rings. The number of benzene rings is 3. The first-order valence-corrected chi connectivity index (χ1v) is 17.5. The van der Waals surface area contributed by atoms with Crippen LogP contribution < -0.4 is 19.7 Å². The Morgan fingerprint density at radius 1 is 1.02 bits per heavy atom. The number of pyridine rings is 1. The third-order valence-electron chi connectivity index (χ3n) is 9.65. The van der Waals surface area contributed by atoms with E-state index in [9.17, 15) is 4.79 Å². The van der Waals surface area contributed by atoms with Gasteiger partial charge in [-0.3, -0.25) is 4.98 Å². The van der Waals surface area contributed by atoms with Crippen molar-refractivity contribution < 1.29 is 23.4 Å². The molecule has 2 saturated heterocycles. The number of carbonyl (C=O) groups is 1. The van der Waals surface area contributed by atoms with Gasteiger partial charge in [-0.15, -0.1) is 0 Å². The van der Waals surface area contributed by atoms with E-state index in [1.54, 1.807) is 12.3 Å². The highest BCUT2D eigenvalue weighted by molar-refractivity contribution is 6.04. The molecule has 11 heteroatoms. The average Bonchev–Trinajstić information content (AvgIpc) is 3.63. The third-order valence-corrected chi connectivity index (χ3v) is 9.65. The molecule has 3 aromatic carbocycles. The van der Waals surface area contributed by atoms with Crippen LogP contribution in [-0.4, -0.2) is 78.4 Å². The van der Waals surface area contributed by atoms with Gasteiger partial charge in [0, 0.05) is 24.8 Å². The number of aromatic nitrogens is 3. The Morgan fingerprint density at radius 2 is 1.84 bits per heavy atom. The van der Waals surface area contributed by atoms with Crippen molar-refractivity contribution in [3.63, 3.8) is 0 Å². The molecule has 9 rings (SSSR count). The zero-order valence-electron chi connectivity index (χ0n) is 29.3. The third kappa shape index (κ3) is 7.58. The molecule has 2 aromatic heterocycles. The van der Waals surface area contributed by atoms with Crippen molar-refractivity contribution in [1.82, 2.24) is 25.2 Å². The van der Waals surface area contributed by atoms with Gasteiger partial charge in [-0.25, -0.2) is 9.18 Å². The molecule has 10 nitrogen and oxygen atoms in total. The number of amides is 1. The first-order valence-electron chi connectivity index (χ1n) is 17.5. The van der Waals surface area contributed by atoms with Crippen LogP contribution in [-0.2, 0) is 11.3 Å². The summed E-state index contributed by atoms with van der Waals surface area (Å²) in [4.78, 5) is 31.0. The van der Waals surface area contributed by atoms with Crippen molar-refractivity contribution in [2.75, 3.05) is 51.8 Å². The van der Waals surface area contributed by atoms with E-state index < -0.39 is 17.4 Å². The quantitative estimate of drug-likeness (QED) is 0.207. The van der Waals surface area contributed by atoms with Crippen molar-refractivity contribution in [1.29, 1.82) is 0 Å². The molecular weight excluding hydrogens is 647 g/mol. The van der Waals surface area contributed by atoms with Crippen LogP contribution in [0.3, 0.4) is 0 Å². The summed E-state index contributed by atoms with van der Waals surface area (Å²) in [5.41, 5.74) is 2.00. The number of likely N-dealkylation sites (tertiary alicyclic amines) is 1. The van der Waals surface area contributed by atoms with Gasteiger partial charge in [-0.2, -0.15) is 9.97 Å². The maximum absolute atomic E-state index is 16.8. The fourth-order valence-corrected chi connectivity index (χ4v) is 7.10. The van der Waals surface area contributed by atoms with E-state index in [0.29, 0.717) is 42.2 Å². The van der Waals surface area contributed by atoms with Crippen LogP contribution >= 0.6 is 0 Å². The van der Waals surface area contributed by atoms with Crippen LogP contribution in [0.2, 0.25) is 0 Å². The molecule has 4 aliphatic rings. The lowest BCUT2D eigenvalue weighted by Crippen LogP contribution is -2.57. The topological polar surface area (TPSA) is 102 Å². The Kier molecular flexibility index (Phi) is 9.99. The number of methoxy groups -OCH3 is 1. The zero-order chi connectivity index (χ0) is 35.4. The van der Waals surface area contributed by atoms with Crippen LogP contribution in [0.5, 0.6) is 11.8 Å². The summed E-state index contributed by atoms with van der Waals surface area (Å²) in [6.07, 6.45) is 9.11. The Balaban J connectivity index is 0.000000615. The van der Waals surface area contributed by atoms with E-state index >= 15 is 4.39 Å². The smallest absolute Gasteiger partial charge is 0.407 e. The minimum Gasteiger partial charge on any atom is -0.489 e. The van der Waals surface area contributed by atoms with E-state index in [-0.39, 0.29) is 23.8 Å². The molecule has 1 atom stereocenters. The second-order valence-corrected chi connectivity index (χ2v) is 13.6. The summed E-state index contributed by atoms with van der Waals surface area (Å²) >= 11 is 0. The molecule has 0 aliphatic carbocycles. The van der Waals surface area contributed by atoms with Gasteiger partial charge in [0.05, 0.1) is 18.0 Å². The number of ether oxygens (including phenoxy) is 3. The molecule has 2 fully saturated rings. The van der Waals surface area contributed by atoms with Gasteiger partial charge in [-0.1, -0.05) is 54.6 Å². The molecule has 6 bridgehead atoms. The number of fused-ring (bicyclic) bond motifs is 5. The number of piperidine rings is 1. The number of hydrogen-bond acceptors (Lipinski definition) is 9. The second kappa shape index (κ2) is 14.9. The Hall–Kier alpha value is -5.29. The lowest BCUT2D eigenvalue weighted by molar-refractivity contribution is 0.142. The molecule has 264 valence electrons. The predicted octanol–water partition coefficient (Wildman–Crippen LogP) is 7.40. The van der Waals surface area contributed by atoms with Crippen molar-refractivity contribution in [2.45, 2.75) is 44.8 Å². The number of nitrogens with one attached hydrogen (secondary N) is 1. The number of rotatable bonds is 4. The number of carbonyl (C=O) groups excluding carboxylic acids is 1. The van der Waals surface area contributed by atoms with Crippen molar-refractivity contribution in [2.24, 2.45) is 0 Å². The Bertz CT molecular complexity index is 2070. The van der Waals surface area contributed by atoms with Gasteiger partial charge >= 0.3 is 12.1 Å². The Labute approximate surface area is 297 Å². The van der Waals surface area contributed by atoms with Crippen LogP contribution in [0, 0.1) is 5.82 Å². The molecule has 0 saturated carbocycles. The van der Waals surface area contributed by atoms with Gasteiger partial charge < -0.3 is 29.3 Å². The minimum atomic E-state index is -0.596. The molecule has 0 radical (unpaired) electrons. The van der Waals surface area contributed by atoms with E-state index in [4.69, 9.17) is 19.2 Å². The highest BCUT2D eigenvalue weighted by Gasteiger charge is 2.35. The van der Waals surface area contributed by atoms with Gasteiger partial charge in [0.2, 0.25) is 0 Å². The zero-order valence-corrected chi connectivity index (χ0v) is 29.3. The second-order valence-electron chi connectivity index (χ2n) is 13.6. The lowest BCUT2D eigenvalue weighted by Gasteiger charge is -2.41. The van der Waals surface area contributed by atoms with Crippen molar-refractivity contribution in [3.8, 4) is 23.0 Å². The van der Waals surface area contributed by atoms with Crippen molar-refractivity contribution in [3.05, 3.63) is 89.9 Å². The molecule has 0 spiro atoms. The summed E-state index contributed by atoms with van der Waals surface area (Å²) in [7, 11) is 3.63. The number of anilines is 1. The van der Waals surface area contributed by atoms with E-state index in [1.165, 1.54) is 33.0 Å². The van der Waals surface area contributed by atoms with Gasteiger partial charge in [0.15, 0.2) is 5.82 Å². The first kappa shape index (κ1) is 34.2. The van der Waals surface area contributed by atoms with Gasteiger partial charge in [0.1, 0.15) is 36.0 Å². The lowest BCUT2D eigenvalue weighted by atomic mass is 9.91. The highest BCUT2D eigenvalue weighted by atomic mass is 19.1. The maximum atomic E-state index is 16.8. The SMILES string of the molecule is CN1CCCC1.COc1nc2c3cnc(c(F)c3n1)-c1cc(OCc3ccccc3)cc3cccc(c13)/C=C/COC(=O)NC1(C)CCCN2C1. The number of alkyl carbamates (subject to hydrolysis) is 1. The normalized spacial score (nSPS) is 19.6. The molecular formula is C40H43FN6O4. The minimum absolute atomic E-state index is 0.0412. The molecule has 4 aliphatic heterocycles. The number of hydrogen-bond donors (Lipinski definition) is 1. The molecule has 1 amide bonds. The van der Waals surface area contributed by atoms with Crippen LogP contribution in [0.1, 0.15) is 43.7 Å². The maximum Gasteiger partial charge on any atom is 0.407 e. The fourth-order valence-electron chi connectivity index (χ4n) is 7.10. The average molecular weight is 691 g/mol. The molecule has 1 N–H and O–H groups in total. The van der Waals surface area contributed by atoms with E-state index in [2.05, 4.69) is 27.2 Å². The van der Waals surface area contributed by atoms with Crippen LogP contribution in [0.4, 0.5) is 15.0 Å². The largest absolute Gasteiger partial charge is 0.489 e. The van der Waals surface area contributed by atoms with Crippen LogP contribution in [0.25, 0.3) is 39.0 Å². The first-order chi connectivity index (χ1) is 24.8. The van der Waals surface area contributed by atoms with Crippen molar-refractivity contribution >= 4 is 39.7 Å². The summed E-state index contributed by atoms with van der Waals surface area (Å²) in [5.74, 6) is 0.478. The fraction of sp³-hybridized carbons (Fsp3) is 0.350. The van der Waals surface area contributed by atoms with Gasteiger partial charge in [0.25, 0.3) is 0 Å². The van der Waals surface area contributed by atoms with Gasteiger partial charge in [-0.05, 0) is 92.9 Å². The highest BCUT2D eigenvalue weighted by Crippen LogP contribution is 2.39. The molecule has 1 unspecified atom stereocenters. The number of nitrogens with zero attached hydrogens (tertiary/aromatic N) is 5. The summed E-state index contributed by atoms with van der Waals surface area (Å²) in [6.45, 7) is 6.11. The summed E-state index contributed by atoms with van der Waals surface area (Å²) < 4.78 is 34.0. The summed E-state index contributed by atoms with van der Waals surface area (Å²) in [5, 5.41) is 5.10.